The highest BCUT2D eigenvalue weighted by atomic mass is 16.6. The average Bonchev–Trinajstić information content (AvgIpc) is 3.26. The monoisotopic (exact) mass is 401 g/mol. The molecular formula is C20H27N5O4. The van der Waals surface area contributed by atoms with E-state index in [0.29, 0.717) is 36.5 Å². The zero-order valence-electron chi connectivity index (χ0n) is 16.5. The lowest BCUT2D eigenvalue weighted by atomic mass is 9.96. The molecule has 1 fully saturated rings. The molecule has 5 atom stereocenters. The van der Waals surface area contributed by atoms with E-state index in [1.807, 2.05) is 18.2 Å². The number of benzene rings is 1. The van der Waals surface area contributed by atoms with Crippen molar-refractivity contribution < 1.29 is 20.1 Å². The average molecular weight is 401 g/mol. The molecule has 5 N–H and O–H groups in total. The molecule has 2 aliphatic heterocycles. The predicted molar refractivity (Wildman–Crippen MR) is 108 cm³/mol. The number of fused-ring (bicyclic) bond motifs is 1. The maximum atomic E-state index is 10.8. The molecule has 0 aliphatic carbocycles. The number of rotatable bonds is 5. The first-order chi connectivity index (χ1) is 13.9. The van der Waals surface area contributed by atoms with Crippen LogP contribution >= 0.6 is 0 Å². The Labute approximate surface area is 169 Å². The molecular weight excluding hydrogens is 374 g/mol. The number of imidazole rings is 1. The minimum Gasteiger partial charge on any atom is -0.394 e. The van der Waals surface area contributed by atoms with Crippen molar-refractivity contribution >= 4 is 11.7 Å². The van der Waals surface area contributed by atoms with E-state index >= 15 is 0 Å². The summed E-state index contributed by atoms with van der Waals surface area (Å²) in [7, 11) is 0. The molecule has 4 rings (SSSR count). The number of aliphatic hydroxyl groups is 3. The van der Waals surface area contributed by atoms with Crippen LogP contribution < -0.4 is 10.6 Å². The lowest BCUT2D eigenvalue weighted by Gasteiger charge is -2.29. The molecule has 156 valence electrons. The Morgan fingerprint density at radius 1 is 1.38 bits per heavy atom. The van der Waals surface area contributed by atoms with Gasteiger partial charge in [-0.15, -0.1) is 0 Å². The number of nitrogens with one attached hydrogen (secondary N) is 2. The highest BCUT2D eigenvalue weighted by Gasteiger charge is 2.53. The van der Waals surface area contributed by atoms with Gasteiger partial charge in [0.15, 0.2) is 12.1 Å². The molecule has 1 saturated heterocycles. The zero-order valence-corrected chi connectivity index (χ0v) is 16.5. The van der Waals surface area contributed by atoms with Gasteiger partial charge in [-0.3, -0.25) is 4.57 Å². The van der Waals surface area contributed by atoms with E-state index in [1.165, 1.54) is 12.5 Å². The van der Waals surface area contributed by atoms with E-state index in [2.05, 4.69) is 39.7 Å². The number of hydrogen-bond acceptors (Lipinski definition) is 8. The molecule has 0 bridgehead atoms. The number of nitrogens with zero attached hydrogens (tertiary/aromatic N) is 3. The van der Waals surface area contributed by atoms with Crippen LogP contribution in [0.2, 0.25) is 0 Å². The van der Waals surface area contributed by atoms with Gasteiger partial charge in [0.25, 0.3) is 0 Å². The van der Waals surface area contributed by atoms with Crippen LogP contribution in [0.4, 0.5) is 5.82 Å². The first kappa shape index (κ1) is 19.8. The fraction of sp³-hybridized carbons (Fsp3) is 0.500. The maximum absolute atomic E-state index is 10.8. The summed E-state index contributed by atoms with van der Waals surface area (Å²) < 4.78 is 7.36. The number of amidine groups is 1. The van der Waals surface area contributed by atoms with Gasteiger partial charge in [-0.25, -0.2) is 9.98 Å². The van der Waals surface area contributed by atoms with Crippen molar-refractivity contribution in [3.8, 4) is 0 Å². The van der Waals surface area contributed by atoms with Crippen molar-refractivity contribution in [2.45, 2.75) is 43.8 Å². The molecule has 1 aromatic heterocycles. The number of ether oxygens (including phenoxy) is 1. The number of aliphatic imine (C=N–C) groups is 1. The molecule has 0 radical (unpaired) electrons. The van der Waals surface area contributed by atoms with Gasteiger partial charge in [0, 0.05) is 6.54 Å². The third-order valence-electron chi connectivity index (χ3n) is 5.63. The second-order valence-electron chi connectivity index (χ2n) is 7.76. The zero-order chi connectivity index (χ0) is 20.6. The minimum absolute atomic E-state index is 0.290. The number of aromatic nitrogens is 2. The van der Waals surface area contributed by atoms with Crippen molar-refractivity contribution in [1.29, 1.82) is 0 Å². The van der Waals surface area contributed by atoms with Crippen LogP contribution in [0.1, 0.15) is 37.3 Å². The Bertz CT molecular complexity index is 882. The molecule has 0 amide bonds. The summed E-state index contributed by atoms with van der Waals surface area (Å²) in [6, 6.07) is 10.2. The van der Waals surface area contributed by atoms with Gasteiger partial charge < -0.3 is 30.7 Å². The molecule has 9 heteroatoms. The van der Waals surface area contributed by atoms with Crippen LogP contribution in [-0.2, 0) is 4.74 Å². The van der Waals surface area contributed by atoms with E-state index in [-0.39, 0.29) is 6.61 Å². The van der Waals surface area contributed by atoms with Crippen LogP contribution in [0.25, 0.3) is 0 Å². The van der Waals surface area contributed by atoms with Gasteiger partial charge in [-0.1, -0.05) is 37.3 Å². The Morgan fingerprint density at radius 2 is 2.14 bits per heavy atom. The summed E-state index contributed by atoms with van der Waals surface area (Å²) in [5, 5.41) is 37.0. The summed E-state index contributed by atoms with van der Waals surface area (Å²) in [6.07, 6.45) is -1.42. The second-order valence-corrected chi connectivity index (χ2v) is 7.76. The van der Waals surface area contributed by atoms with Crippen molar-refractivity contribution in [3.05, 3.63) is 47.9 Å². The molecule has 0 saturated carbocycles. The summed E-state index contributed by atoms with van der Waals surface area (Å²) in [5.74, 6) is 1.60. The van der Waals surface area contributed by atoms with Crippen LogP contribution in [0.15, 0.2) is 41.7 Å². The Kier molecular flexibility index (Phi) is 5.30. The third kappa shape index (κ3) is 3.51. The molecule has 9 nitrogen and oxygen atoms in total. The van der Waals surface area contributed by atoms with E-state index in [0.717, 1.165) is 0 Å². The number of hydrogen-bond donors (Lipinski definition) is 5. The van der Waals surface area contributed by atoms with Gasteiger partial charge in [-0.2, -0.15) is 0 Å². The summed E-state index contributed by atoms with van der Waals surface area (Å²) in [4.78, 5) is 8.93. The topological polar surface area (TPSA) is 124 Å². The van der Waals surface area contributed by atoms with Crippen molar-refractivity contribution in [1.82, 2.24) is 14.9 Å². The van der Waals surface area contributed by atoms with Crippen molar-refractivity contribution in [3.63, 3.8) is 0 Å². The van der Waals surface area contributed by atoms with Gasteiger partial charge in [0.2, 0.25) is 0 Å². The van der Waals surface area contributed by atoms with E-state index < -0.39 is 24.0 Å². The number of anilines is 1. The van der Waals surface area contributed by atoms with Crippen LogP contribution in [0.3, 0.4) is 0 Å². The Hall–Kier alpha value is -2.46. The van der Waals surface area contributed by atoms with Crippen molar-refractivity contribution in [2.75, 3.05) is 25.1 Å². The van der Waals surface area contributed by atoms with E-state index in [9.17, 15) is 15.3 Å². The third-order valence-corrected chi connectivity index (χ3v) is 5.63. The molecule has 2 unspecified atom stereocenters. The van der Waals surface area contributed by atoms with Gasteiger partial charge >= 0.3 is 0 Å². The second kappa shape index (κ2) is 7.75. The first-order valence-electron chi connectivity index (χ1n) is 9.74. The Balaban J connectivity index is 1.52. The summed E-state index contributed by atoms with van der Waals surface area (Å²) in [5.41, 5.74) is 0.283. The van der Waals surface area contributed by atoms with E-state index in [4.69, 9.17) is 4.74 Å². The lowest BCUT2D eigenvalue weighted by molar-refractivity contribution is -0.0958. The molecule has 0 spiro atoms. The quantitative estimate of drug-likeness (QED) is 0.491. The summed E-state index contributed by atoms with van der Waals surface area (Å²) >= 11 is 0. The largest absolute Gasteiger partial charge is 0.394 e. The smallest absolute Gasteiger partial charge is 0.168 e. The highest BCUT2D eigenvalue weighted by molar-refractivity contribution is 6.02. The van der Waals surface area contributed by atoms with Gasteiger partial charge in [0.1, 0.15) is 36.0 Å². The normalized spacial score (nSPS) is 29.7. The standard InChI is InChI=1S/C20H27N5O4/c1-12(13-6-4-3-5-7-13)8-21-17-15-18(23-10-22-17)25(11-24-15)19-20(2,28)16(27)14(9-26)29-19/h3-7,11-12,14,16,19,23,26-28H,8-10H2,1-2H3,(H,21,22)/t12?,14-,16-,19?,20-/m1/s1. The number of aliphatic hydroxyl groups excluding tert-OH is 2. The fourth-order valence-electron chi connectivity index (χ4n) is 3.83. The molecule has 29 heavy (non-hydrogen) atoms. The van der Waals surface area contributed by atoms with E-state index in [1.54, 1.807) is 10.9 Å². The minimum atomic E-state index is -1.58. The van der Waals surface area contributed by atoms with Crippen LogP contribution in [0, 0.1) is 0 Å². The van der Waals surface area contributed by atoms with Crippen LogP contribution in [-0.4, -0.2) is 68.3 Å². The lowest BCUT2D eigenvalue weighted by Crippen LogP contribution is -2.44. The maximum Gasteiger partial charge on any atom is 0.168 e. The first-order valence-corrected chi connectivity index (χ1v) is 9.74. The highest BCUT2D eigenvalue weighted by Crippen LogP contribution is 2.40. The molecule has 2 aliphatic rings. The summed E-state index contributed by atoms with van der Waals surface area (Å²) in [6.45, 7) is 4.29. The fourth-order valence-corrected chi connectivity index (χ4v) is 3.83. The molecule has 2 aromatic rings. The molecule has 3 heterocycles. The predicted octanol–water partition coefficient (Wildman–Crippen LogP) is 0.408. The van der Waals surface area contributed by atoms with Gasteiger partial charge in [-0.05, 0) is 18.4 Å². The van der Waals surface area contributed by atoms with Gasteiger partial charge in [0.05, 0.1) is 12.9 Å². The Morgan fingerprint density at radius 3 is 2.83 bits per heavy atom. The SMILES string of the molecule is CC(CNC1=NCNc2c1ncn2C1O[C@H](CO)[C@@H](O)[C@@]1(C)O)c1ccccc1. The molecule has 1 aromatic carbocycles. The van der Waals surface area contributed by atoms with Crippen molar-refractivity contribution in [2.24, 2.45) is 4.99 Å². The van der Waals surface area contributed by atoms with Crippen LogP contribution in [0.5, 0.6) is 0 Å².